The molecular weight excluding hydrogens is 238 g/mol. The molecule has 1 aromatic heterocycles. The minimum Gasteiger partial charge on any atom is -0.373 e. The Hall–Kier alpha value is -1.58. The summed E-state index contributed by atoms with van der Waals surface area (Å²) in [5.41, 5.74) is 1.64. The second-order valence-corrected chi connectivity index (χ2v) is 5.18. The van der Waals surface area contributed by atoms with Crippen LogP contribution in [-0.4, -0.2) is 24.5 Å². The Morgan fingerprint density at radius 1 is 1.42 bits per heavy atom. The fraction of sp³-hybridized carbons (Fsp3) is 0.600. The average molecular weight is 261 g/mol. The summed E-state index contributed by atoms with van der Waals surface area (Å²) >= 11 is 0. The normalized spacial score (nSPS) is 14.2. The zero-order valence-electron chi connectivity index (χ0n) is 11.8. The second kappa shape index (κ2) is 6.55. The van der Waals surface area contributed by atoms with Crippen molar-refractivity contribution >= 4 is 11.7 Å². The summed E-state index contributed by atoms with van der Waals surface area (Å²) in [6.45, 7) is 2.81. The molecule has 104 valence electrons. The lowest BCUT2D eigenvalue weighted by Gasteiger charge is -2.08. The fourth-order valence-corrected chi connectivity index (χ4v) is 2.13. The summed E-state index contributed by atoms with van der Waals surface area (Å²) in [6, 6.07) is 3.67. The summed E-state index contributed by atoms with van der Waals surface area (Å²) in [5, 5.41) is 5.99. The number of pyridine rings is 1. The summed E-state index contributed by atoms with van der Waals surface area (Å²) in [6.07, 6.45) is 5.92. The van der Waals surface area contributed by atoms with Gasteiger partial charge in [0.15, 0.2) is 0 Å². The minimum absolute atomic E-state index is 0.00407. The van der Waals surface area contributed by atoms with Gasteiger partial charge < -0.3 is 10.6 Å². The van der Waals surface area contributed by atoms with Gasteiger partial charge in [0.05, 0.1) is 0 Å². The lowest BCUT2D eigenvalue weighted by Crippen LogP contribution is -2.25. The number of nitrogens with zero attached hydrogens (tertiary/aromatic N) is 1. The molecule has 1 fully saturated rings. The minimum atomic E-state index is 0.00407. The number of carbonyl (C=O) groups excluding carboxylic acids is 1. The zero-order valence-corrected chi connectivity index (χ0v) is 11.8. The Bertz CT molecular complexity index is 419. The van der Waals surface area contributed by atoms with Gasteiger partial charge in [-0.3, -0.25) is 4.79 Å². The molecule has 1 aliphatic carbocycles. The van der Waals surface area contributed by atoms with Crippen molar-refractivity contribution in [2.75, 3.05) is 18.9 Å². The molecule has 0 saturated heterocycles. The smallest absolute Gasteiger partial charge is 0.251 e. The lowest BCUT2D eigenvalue weighted by molar-refractivity contribution is 0.0952. The van der Waals surface area contributed by atoms with Gasteiger partial charge in [0.25, 0.3) is 5.91 Å². The van der Waals surface area contributed by atoms with Gasteiger partial charge >= 0.3 is 0 Å². The van der Waals surface area contributed by atoms with Crippen molar-refractivity contribution in [3.8, 4) is 0 Å². The predicted octanol–water partition coefficient (Wildman–Crippen LogP) is 2.61. The quantitative estimate of drug-likeness (QED) is 0.742. The molecule has 0 aromatic carbocycles. The van der Waals surface area contributed by atoms with Gasteiger partial charge in [-0.05, 0) is 37.3 Å². The Labute approximate surface area is 115 Å². The van der Waals surface area contributed by atoms with E-state index < -0.39 is 0 Å². The highest BCUT2D eigenvalue weighted by atomic mass is 16.1. The molecule has 0 unspecified atom stereocenters. The van der Waals surface area contributed by atoms with E-state index in [1.54, 1.807) is 6.07 Å². The predicted molar refractivity (Wildman–Crippen MR) is 77.5 cm³/mol. The first-order chi connectivity index (χ1) is 9.22. The van der Waals surface area contributed by atoms with E-state index in [0.29, 0.717) is 5.56 Å². The number of amides is 1. The molecule has 4 heteroatoms. The van der Waals surface area contributed by atoms with Crippen molar-refractivity contribution in [2.45, 2.75) is 39.0 Å². The van der Waals surface area contributed by atoms with Crippen LogP contribution in [0.5, 0.6) is 0 Å². The molecule has 1 aliphatic rings. The van der Waals surface area contributed by atoms with Crippen molar-refractivity contribution in [1.82, 2.24) is 10.3 Å². The van der Waals surface area contributed by atoms with Crippen LogP contribution in [0, 0.1) is 5.92 Å². The van der Waals surface area contributed by atoms with Gasteiger partial charge in [-0.1, -0.05) is 19.8 Å². The second-order valence-electron chi connectivity index (χ2n) is 5.18. The number of nitrogens with one attached hydrogen (secondary N) is 2. The van der Waals surface area contributed by atoms with E-state index in [-0.39, 0.29) is 5.91 Å². The van der Waals surface area contributed by atoms with E-state index in [4.69, 9.17) is 0 Å². The highest BCUT2D eigenvalue weighted by Crippen LogP contribution is 2.33. The molecule has 0 spiro atoms. The van der Waals surface area contributed by atoms with Gasteiger partial charge in [0, 0.05) is 24.8 Å². The van der Waals surface area contributed by atoms with Crippen molar-refractivity contribution in [3.05, 3.63) is 23.4 Å². The highest BCUT2D eigenvalue weighted by molar-refractivity contribution is 5.94. The SMILES string of the molecule is CCc1cc(C(=O)NCCCC2CC2)cc(NC)n1. The molecule has 0 atom stereocenters. The maximum absolute atomic E-state index is 12.1. The number of anilines is 1. The average Bonchev–Trinajstić information content (AvgIpc) is 3.26. The number of aryl methyl sites for hydroxylation is 1. The van der Waals surface area contributed by atoms with Crippen molar-refractivity contribution in [3.63, 3.8) is 0 Å². The monoisotopic (exact) mass is 261 g/mol. The van der Waals surface area contributed by atoms with E-state index in [2.05, 4.69) is 15.6 Å². The van der Waals surface area contributed by atoms with Crippen LogP contribution in [0.25, 0.3) is 0 Å². The van der Waals surface area contributed by atoms with Crippen LogP contribution in [0.3, 0.4) is 0 Å². The third kappa shape index (κ3) is 4.23. The van der Waals surface area contributed by atoms with Crippen molar-refractivity contribution in [1.29, 1.82) is 0 Å². The zero-order chi connectivity index (χ0) is 13.7. The molecule has 19 heavy (non-hydrogen) atoms. The molecule has 4 nitrogen and oxygen atoms in total. The van der Waals surface area contributed by atoms with Crippen LogP contribution in [0.15, 0.2) is 12.1 Å². The van der Waals surface area contributed by atoms with Gasteiger partial charge in [-0.2, -0.15) is 0 Å². The van der Waals surface area contributed by atoms with Crippen LogP contribution in [0.2, 0.25) is 0 Å². The van der Waals surface area contributed by atoms with Crippen LogP contribution in [0.1, 0.15) is 48.7 Å². The van der Waals surface area contributed by atoms with Crippen molar-refractivity contribution < 1.29 is 4.79 Å². The van der Waals surface area contributed by atoms with Crippen LogP contribution >= 0.6 is 0 Å². The summed E-state index contributed by atoms with van der Waals surface area (Å²) in [7, 11) is 1.82. The standard InChI is InChI=1S/C15H23N3O/c1-3-13-9-12(10-14(16-2)18-13)15(19)17-8-4-5-11-6-7-11/h9-11H,3-8H2,1-2H3,(H,16,18)(H,17,19). The fourth-order valence-electron chi connectivity index (χ4n) is 2.13. The van der Waals surface area contributed by atoms with E-state index in [1.807, 2.05) is 20.0 Å². The number of hydrogen-bond acceptors (Lipinski definition) is 3. The Kier molecular flexibility index (Phi) is 4.77. The first kappa shape index (κ1) is 13.8. The molecule has 0 bridgehead atoms. The Morgan fingerprint density at radius 3 is 2.84 bits per heavy atom. The lowest BCUT2D eigenvalue weighted by atomic mass is 10.1. The summed E-state index contributed by atoms with van der Waals surface area (Å²) in [4.78, 5) is 16.5. The maximum Gasteiger partial charge on any atom is 0.251 e. The van der Waals surface area contributed by atoms with Gasteiger partial charge in [0.1, 0.15) is 5.82 Å². The topological polar surface area (TPSA) is 54.0 Å². The van der Waals surface area contributed by atoms with E-state index in [9.17, 15) is 4.79 Å². The molecule has 2 rings (SSSR count). The van der Waals surface area contributed by atoms with Crippen molar-refractivity contribution in [2.24, 2.45) is 5.92 Å². The largest absolute Gasteiger partial charge is 0.373 e. The van der Waals surface area contributed by atoms with E-state index in [1.165, 1.54) is 19.3 Å². The summed E-state index contributed by atoms with van der Waals surface area (Å²) < 4.78 is 0. The Balaban J connectivity index is 1.88. The maximum atomic E-state index is 12.1. The molecule has 1 aromatic rings. The van der Waals surface area contributed by atoms with Crippen LogP contribution in [-0.2, 0) is 6.42 Å². The first-order valence-electron chi connectivity index (χ1n) is 7.19. The molecule has 2 N–H and O–H groups in total. The van der Waals surface area contributed by atoms with E-state index >= 15 is 0 Å². The van der Waals surface area contributed by atoms with Crippen LogP contribution < -0.4 is 10.6 Å². The van der Waals surface area contributed by atoms with Gasteiger partial charge in [-0.25, -0.2) is 4.98 Å². The molecule has 1 saturated carbocycles. The molecule has 1 heterocycles. The highest BCUT2D eigenvalue weighted by Gasteiger charge is 2.20. The molecule has 1 amide bonds. The number of aromatic nitrogens is 1. The summed E-state index contributed by atoms with van der Waals surface area (Å²) in [5.74, 6) is 1.69. The number of hydrogen-bond donors (Lipinski definition) is 2. The van der Waals surface area contributed by atoms with Gasteiger partial charge in [0.2, 0.25) is 0 Å². The Morgan fingerprint density at radius 2 is 2.21 bits per heavy atom. The number of carbonyl (C=O) groups is 1. The third-order valence-corrected chi connectivity index (χ3v) is 3.53. The molecular formula is C15H23N3O. The third-order valence-electron chi connectivity index (χ3n) is 3.53. The van der Waals surface area contributed by atoms with Gasteiger partial charge in [-0.15, -0.1) is 0 Å². The first-order valence-corrected chi connectivity index (χ1v) is 7.19. The number of rotatable bonds is 7. The van der Waals surface area contributed by atoms with E-state index in [0.717, 1.165) is 36.8 Å². The molecule has 0 radical (unpaired) electrons. The molecule has 0 aliphatic heterocycles. The van der Waals surface area contributed by atoms with Crippen LogP contribution in [0.4, 0.5) is 5.82 Å².